The summed E-state index contributed by atoms with van der Waals surface area (Å²) in [7, 11) is 1.59. The van der Waals surface area contributed by atoms with Gasteiger partial charge in [0, 0.05) is 31.1 Å². The van der Waals surface area contributed by atoms with Gasteiger partial charge in [0.25, 0.3) is 0 Å². The van der Waals surface area contributed by atoms with Gasteiger partial charge in [0.2, 0.25) is 5.88 Å². The fourth-order valence-electron chi connectivity index (χ4n) is 2.37. The van der Waals surface area contributed by atoms with Crippen LogP contribution in [0.4, 0.5) is 4.39 Å². The predicted octanol–water partition coefficient (Wildman–Crippen LogP) is 3.35. The van der Waals surface area contributed by atoms with Gasteiger partial charge < -0.3 is 15.4 Å². The molecular formula is C19H25FN4OS. The minimum absolute atomic E-state index is 0.203. The third-order valence-corrected chi connectivity index (χ3v) is 4.28. The van der Waals surface area contributed by atoms with Crippen LogP contribution in [0, 0.1) is 5.82 Å². The molecule has 5 nitrogen and oxygen atoms in total. The first-order valence-electron chi connectivity index (χ1n) is 8.43. The number of pyridine rings is 1. The number of benzene rings is 1. The lowest BCUT2D eigenvalue weighted by Gasteiger charge is -2.14. The average Bonchev–Trinajstić information content (AvgIpc) is 2.66. The molecule has 0 amide bonds. The number of halogens is 1. The smallest absolute Gasteiger partial charge is 0.212 e. The molecule has 0 unspecified atom stereocenters. The van der Waals surface area contributed by atoms with Crippen LogP contribution in [0.1, 0.15) is 23.6 Å². The number of guanidine groups is 1. The van der Waals surface area contributed by atoms with Crippen LogP contribution in [0.25, 0.3) is 0 Å². The first-order chi connectivity index (χ1) is 12.7. The number of nitrogens with zero attached hydrogens (tertiary/aromatic N) is 2. The quantitative estimate of drug-likeness (QED) is 0.547. The maximum absolute atomic E-state index is 13.5. The van der Waals surface area contributed by atoms with Gasteiger partial charge in [-0.15, -0.1) is 0 Å². The Hall–Kier alpha value is -2.28. The minimum atomic E-state index is -0.203. The molecule has 1 aromatic carbocycles. The summed E-state index contributed by atoms with van der Waals surface area (Å²) in [5, 5.41) is 6.53. The number of ether oxygens (including phenoxy) is 1. The van der Waals surface area contributed by atoms with Crippen molar-refractivity contribution in [1.82, 2.24) is 15.6 Å². The highest BCUT2D eigenvalue weighted by Gasteiger charge is 2.06. The Labute approximate surface area is 158 Å². The van der Waals surface area contributed by atoms with Gasteiger partial charge in [-0.05, 0) is 42.0 Å². The van der Waals surface area contributed by atoms with Gasteiger partial charge in [-0.2, -0.15) is 11.8 Å². The molecule has 2 N–H and O–H groups in total. The summed E-state index contributed by atoms with van der Waals surface area (Å²) < 4.78 is 18.5. The van der Waals surface area contributed by atoms with Crippen molar-refractivity contribution < 1.29 is 9.13 Å². The molecule has 0 aliphatic carbocycles. The Bertz CT molecular complexity index is 722. The van der Waals surface area contributed by atoms with E-state index in [9.17, 15) is 4.39 Å². The van der Waals surface area contributed by atoms with Crippen LogP contribution in [-0.4, -0.2) is 30.9 Å². The molecule has 0 fully saturated rings. The number of rotatable bonds is 8. The molecule has 1 heterocycles. The molecule has 0 atom stereocenters. The van der Waals surface area contributed by atoms with E-state index >= 15 is 0 Å². The van der Waals surface area contributed by atoms with Crippen LogP contribution in [0.2, 0.25) is 0 Å². The number of thioether (sulfide) groups is 1. The van der Waals surface area contributed by atoms with E-state index in [0.717, 1.165) is 29.0 Å². The molecule has 0 spiro atoms. The predicted molar refractivity (Wildman–Crippen MR) is 106 cm³/mol. The second-order valence-corrected chi connectivity index (χ2v) is 6.47. The van der Waals surface area contributed by atoms with Gasteiger partial charge >= 0.3 is 0 Å². The van der Waals surface area contributed by atoms with Crippen LogP contribution in [-0.2, 0) is 18.8 Å². The number of nitrogens with one attached hydrogen (secondary N) is 2. The average molecular weight is 377 g/mol. The second kappa shape index (κ2) is 10.7. The molecule has 0 saturated carbocycles. The summed E-state index contributed by atoms with van der Waals surface area (Å²) in [4.78, 5) is 8.77. The largest absolute Gasteiger partial charge is 0.481 e. The maximum Gasteiger partial charge on any atom is 0.212 e. The maximum atomic E-state index is 13.5. The molecule has 2 aromatic rings. The third kappa shape index (κ3) is 6.22. The Balaban J connectivity index is 2.03. The normalized spacial score (nSPS) is 11.3. The van der Waals surface area contributed by atoms with Gasteiger partial charge in [0.15, 0.2) is 5.96 Å². The molecule has 0 aliphatic heterocycles. The zero-order valence-corrected chi connectivity index (χ0v) is 16.2. The van der Waals surface area contributed by atoms with Gasteiger partial charge in [0.05, 0.1) is 13.7 Å². The molecule has 0 bridgehead atoms. The van der Waals surface area contributed by atoms with E-state index in [4.69, 9.17) is 4.74 Å². The van der Waals surface area contributed by atoms with Gasteiger partial charge in [-0.3, -0.25) is 0 Å². The molecule has 26 heavy (non-hydrogen) atoms. The highest BCUT2D eigenvalue weighted by atomic mass is 32.2. The van der Waals surface area contributed by atoms with Crippen LogP contribution < -0.4 is 15.4 Å². The van der Waals surface area contributed by atoms with E-state index in [1.807, 2.05) is 31.4 Å². The van der Waals surface area contributed by atoms with E-state index in [1.54, 1.807) is 31.1 Å². The van der Waals surface area contributed by atoms with Crippen LogP contribution in [0.3, 0.4) is 0 Å². The summed E-state index contributed by atoms with van der Waals surface area (Å²) >= 11 is 1.68. The molecule has 140 valence electrons. The van der Waals surface area contributed by atoms with Gasteiger partial charge in [0.1, 0.15) is 5.82 Å². The topological polar surface area (TPSA) is 58.5 Å². The molecular weight excluding hydrogens is 351 g/mol. The SMILES string of the molecule is CCNC(=NCc1ccc(OC)nc1)NCc1ccc(F)cc1CSC. The van der Waals surface area contributed by atoms with Gasteiger partial charge in [-0.25, -0.2) is 14.4 Å². The summed E-state index contributed by atoms with van der Waals surface area (Å²) in [6.07, 6.45) is 3.76. The van der Waals surface area contributed by atoms with E-state index in [0.29, 0.717) is 24.9 Å². The van der Waals surface area contributed by atoms with Crippen LogP contribution in [0.5, 0.6) is 5.88 Å². The second-order valence-electron chi connectivity index (χ2n) is 5.60. The van der Waals surface area contributed by atoms with Crippen molar-refractivity contribution in [1.29, 1.82) is 0 Å². The standard InChI is InChI=1S/C19H25FN4OS/c1-4-21-19(23-11-14-5-8-18(25-2)22-10-14)24-12-15-6-7-17(20)9-16(15)13-26-3/h5-10H,4,11-13H2,1-3H3,(H2,21,23,24). The first kappa shape index (κ1) is 20.0. The molecule has 0 saturated heterocycles. The first-order valence-corrected chi connectivity index (χ1v) is 9.83. The fraction of sp³-hybridized carbons (Fsp3) is 0.368. The Morgan fingerprint density at radius 2 is 2.08 bits per heavy atom. The van der Waals surface area contributed by atoms with Gasteiger partial charge in [-0.1, -0.05) is 12.1 Å². The molecule has 2 rings (SSSR count). The van der Waals surface area contributed by atoms with Crippen molar-refractivity contribution in [3.05, 3.63) is 59.0 Å². The lowest BCUT2D eigenvalue weighted by Crippen LogP contribution is -2.37. The summed E-state index contributed by atoms with van der Waals surface area (Å²) in [5.74, 6) is 1.87. The number of hydrogen-bond acceptors (Lipinski definition) is 4. The highest BCUT2D eigenvalue weighted by Crippen LogP contribution is 2.16. The summed E-state index contributed by atoms with van der Waals surface area (Å²) in [6.45, 7) is 3.87. The Morgan fingerprint density at radius 1 is 1.23 bits per heavy atom. The van der Waals surface area contributed by atoms with Crippen molar-refractivity contribution in [3.8, 4) is 5.88 Å². The van der Waals surface area contributed by atoms with E-state index < -0.39 is 0 Å². The Morgan fingerprint density at radius 3 is 2.73 bits per heavy atom. The van der Waals surface area contributed by atoms with Crippen LogP contribution in [0.15, 0.2) is 41.5 Å². The van der Waals surface area contributed by atoms with E-state index in [-0.39, 0.29) is 5.82 Å². The van der Waals surface area contributed by atoms with Crippen molar-refractivity contribution in [3.63, 3.8) is 0 Å². The van der Waals surface area contributed by atoms with E-state index in [2.05, 4.69) is 20.6 Å². The molecule has 1 aromatic heterocycles. The van der Waals surface area contributed by atoms with Crippen molar-refractivity contribution in [2.24, 2.45) is 4.99 Å². The molecule has 0 aliphatic rings. The zero-order valence-electron chi connectivity index (χ0n) is 15.4. The van der Waals surface area contributed by atoms with Crippen molar-refractivity contribution >= 4 is 17.7 Å². The number of aliphatic imine (C=N–C) groups is 1. The third-order valence-electron chi connectivity index (χ3n) is 3.69. The number of methoxy groups -OCH3 is 1. The molecule has 0 radical (unpaired) electrons. The summed E-state index contributed by atoms with van der Waals surface area (Å²) in [5.41, 5.74) is 3.06. The van der Waals surface area contributed by atoms with Crippen LogP contribution >= 0.6 is 11.8 Å². The van der Waals surface area contributed by atoms with Crippen molar-refractivity contribution in [2.75, 3.05) is 19.9 Å². The summed E-state index contributed by atoms with van der Waals surface area (Å²) in [6, 6.07) is 8.67. The molecule has 7 heteroatoms. The Kier molecular flexibility index (Phi) is 8.21. The number of hydrogen-bond donors (Lipinski definition) is 2. The van der Waals surface area contributed by atoms with E-state index in [1.165, 1.54) is 6.07 Å². The monoisotopic (exact) mass is 376 g/mol. The van der Waals surface area contributed by atoms with Crippen molar-refractivity contribution in [2.45, 2.75) is 25.8 Å². The zero-order chi connectivity index (χ0) is 18.8. The fourth-order valence-corrected chi connectivity index (χ4v) is 2.95. The number of aromatic nitrogens is 1. The highest BCUT2D eigenvalue weighted by molar-refractivity contribution is 7.97. The lowest BCUT2D eigenvalue weighted by molar-refractivity contribution is 0.397. The lowest BCUT2D eigenvalue weighted by atomic mass is 10.1. The minimum Gasteiger partial charge on any atom is -0.481 e.